The molecule has 0 radical (unpaired) electrons. The van der Waals surface area contributed by atoms with Gasteiger partial charge in [0.1, 0.15) is 18.0 Å². The first-order valence-electron chi connectivity index (χ1n) is 12.4. The third-order valence-corrected chi connectivity index (χ3v) is 7.25. The minimum absolute atomic E-state index is 0.0819. The molecule has 38 heavy (non-hydrogen) atoms. The molecule has 3 unspecified atom stereocenters. The number of aromatic nitrogens is 1. The number of unbranched alkanes of at least 4 members (excludes halogenated alkanes) is 1. The van der Waals surface area contributed by atoms with Crippen molar-refractivity contribution in [1.82, 2.24) is 30.7 Å². The molecule has 15 heteroatoms. The molecule has 4 N–H and O–H groups in total. The van der Waals surface area contributed by atoms with E-state index in [2.05, 4.69) is 26.3 Å². The number of β-lactam (4-membered cyclic amide) rings is 1. The van der Waals surface area contributed by atoms with E-state index < -0.39 is 47.5 Å². The molecule has 0 aromatic carbocycles. The summed E-state index contributed by atoms with van der Waals surface area (Å²) in [7, 11) is 0. The van der Waals surface area contributed by atoms with Gasteiger partial charge in [-0.05, 0) is 6.42 Å². The van der Waals surface area contributed by atoms with E-state index in [9.17, 15) is 28.8 Å². The minimum Gasteiger partial charge on any atom is -0.352 e. The fourth-order valence-electron chi connectivity index (χ4n) is 4.15. The Hall–Kier alpha value is -3.10. The number of nitrogens with zero attached hydrogens (tertiary/aromatic N) is 3. The van der Waals surface area contributed by atoms with Crippen LogP contribution in [0.25, 0.3) is 0 Å². The van der Waals surface area contributed by atoms with Crippen molar-refractivity contribution in [3.63, 3.8) is 0 Å². The van der Waals surface area contributed by atoms with Crippen LogP contribution in [0.15, 0.2) is 5.38 Å². The zero-order valence-electron chi connectivity index (χ0n) is 21.3. The van der Waals surface area contributed by atoms with Crippen LogP contribution in [0.4, 0.5) is 9.93 Å². The van der Waals surface area contributed by atoms with E-state index >= 15 is 0 Å². The third-order valence-electron chi connectivity index (χ3n) is 6.23. The van der Waals surface area contributed by atoms with Crippen molar-refractivity contribution in [2.24, 2.45) is 0 Å². The van der Waals surface area contributed by atoms with Crippen molar-refractivity contribution in [1.29, 1.82) is 0 Å². The maximum absolute atomic E-state index is 14.0. The van der Waals surface area contributed by atoms with Gasteiger partial charge in [-0.15, -0.1) is 22.9 Å². The summed E-state index contributed by atoms with van der Waals surface area (Å²) < 4.78 is 0. The number of hydrogen-bond acceptors (Lipinski definition) is 9. The number of piperazine rings is 1. The highest BCUT2D eigenvalue weighted by atomic mass is 35.5. The van der Waals surface area contributed by atoms with E-state index in [-0.39, 0.29) is 35.6 Å². The number of amides is 5. The molecule has 2 saturated heterocycles. The van der Waals surface area contributed by atoms with E-state index in [0.29, 0.717) is 39.0 Å². The second-order valence-electron chi connectivity index (χ2n) is 8.97. The molecule has 0 spiro atoms. The van der Waals surface area contributed by atoms with Crippen LogP contribution in [0.1, 0.15) is 44.8 Å². The summed E-state index contributed by atoms with van der Waals surface area (Å²) in [6.07, 6.45) is 1.35. The van der Waals surface area contributed by atoms with Crippen LogP contribution >= 0.6 is 22.9 Å². The normalized spacial score (nSPS) is 18.4. The second kappa shape index (κ2) is 13.6. The summed E-state index contributed by atoms with van der Waals surface area (Å²) in [6.45, 7) is 4.95. The van der Waals surface area contributed by atoms with Gasteiger partial charge < -0.3 is 26.2 Å². The molecule has 5 amide bonds. The molecule has 1 aromatic rings. The molecule has 3 rings (SSSR count). The summed E-state index contributed by atoms with van der Waals surface area (Å²) in [5.41, 5.74) is 0.0819. The topological polar surface area (TPSA) is 170 Å². The van der Waals surface area contributed by atoms with Gasteiger partial charge in [-0.25, -0.2) is 9.78 Å². The molecule has 0 bridgehead atoms. The summed E-state index contributed by atoms with van der Waals surface area (Å²) >= 11 is 6.59. The number of anilines is 1. The fraction of sp³-hybridized carbons (Fsp3) is 0.609. The number of halogens is 1. The van der Waals surface area contributed by atoms with Crippen molar-refractivity contribution in [2.45, 2.75) is 51.2 Å². The Balaban J connectivity index is 2.10. The van der Waals surface area contributed by atoms with Crippen molar-refractivity contribution in [3.8, 4) is 0 Å². The zero-order valence-corrected chi connectivity index (χ0v) is 22.8. The van der Waals surface area contributed by atoms with Gasteiger partial charge in [-0.2, -0.15) is 0 Å². The summed E-state index contributed by atoms with van der Waals surface area (Å²) in [5, 5.41) is 12.5. The second-order valence-corrected chi connectivity index (χ2v) is 10.1. The number of ketones is 2. The van der Waals surface area contributed by atoms with Crippen molar-refractivity contribution in [2.75, 3.05) is 43.9 Å². The standard InChI is InChI=1S/C23H32ClN7O6S/c1-3-4-5-16(19(34)13(2)32)31(23(37)30-8-6-25-7-9-30)18(21(36)27-14-11-26-20(14)35)15-12-38-22(28-15)29-17(33)10-24/h12,14,16,18,25H,3-11H2,1-2H3,(H,26,35)(H,27,36)(H,28,29,33). The molecule has 13 nitrogen and oxygen atoms in total. The highest BCUT2D eigenvalue weighted by Crippen LogP contribution is 2.31. The van der Waals surface area contributed by atoms with Gasteiger partial charge in [0, 0.05) is 45.0 Å². The summed E-state index contributed by atoms with van der Waals surface area (Å²) in [6, 6.07) is -4.09. The number of alkyl halides is 1. The highest BCUT2D eigenvalue weighted by molar-refractivity contribution is 7.14. The van der Waals surface area contributed by atoms with Crippen LogP contribution in [0.5, 0.6) is 0 Å². The van der Waals surface area contributed by atoms with Gasteiger partial charge in [-0.3, -0.25) is 28.9 Å². The minimum atomic E-state index is -1.45. The van der Waals surface area contributed by atoms with E-state index in [1.54, 1.807) is 0 Å². The Labute approximate surface area is 229 Å². The monoisotopic (exact) mass is 569 g/mol. The Kier molecular flexibility index (Phi) is 10.6. The quantitative estimate of drug-likeness (QED) is 0.155. The van der Waals surface area contributed by atoms with Gasteiger partial charge in [0.15, 0.2) is 17.0 Å². The molecule has 1 aromatic heterocycles. The first-order chi connectivity index (χ1) is 18.2. The van der Waals surface area contributed by atoms with Crippen molar-refractivity contribution >= 4 is 63.4 Å². The molecular formula is C23H32ClN7O6S. The Morgan fingerprint density at radius 3 is 2.53 bits per heavy atom. The van der Waals surface area contributed by atoms with E-state index in [0.717, 1.165) is 23.2 Å². The molecule has 2 aliphatic heterocycles. The molecule has 2 aliphatic rings. The molecule has 208 valence electrons. The van der Waals surface area contributed by atoms with Crippen molar-refractivity contribution in [3.05, 3.63) is 11.1 Å². The first-order valence-corrected chi connectivity index (χ1v) is 13.8. The van der Waals surface area contributed by atoms with Crippen LogP contribution in [-0.4, -0.2) is 101 Å². The van der Waals surface area contributed by atoms with Gasteiger partial charge in [-0.1, -0.05) is 19.8 Å². The lowest BCUT2D eigenvalue weighted by Gasteiger charge is -2.41. The Bertz CT molecular complexity index is 1080. The van der Waals surface area contributed by atoms with Crippen LogP contribution in [0.2, 0.25) is 0 Å². The SMILES string of the molecule is CCCCC(C(=O)C(C)=O)N(C(=O)N1CCNCC1)C(C(=O)NC1CNC1=O)c1csc(NC(=O)CCl)n1. The fourth-order valence-corrected chi connectivity index (χ4v) is 4.96. The van der Waals surface area contributed by atoms with Gasteiger partial charge >= 0.3 is 6.03 Å². The Morgan fingerprint density at radius 1 is 1.26 bits per heavy atom. The average Bonchev–Trinajstić information content (AvgIpc) is 3.37. The lowest BCUT2D eigenvalue weighted by atomic mass is 9.98. The molecule has 2 fully saturated rings. The number of thiazole rings is 1. The molecular weight excluding hydrogens is 538 g/mol. The molecule has 3 atom stereocenters. The van der Waals surface area contributed by atoms with Crippen LogP contribution in [0.3, 0.4) is 0 Å². The number of urea groups is 1. The number of Topliss-reactive ketones (excluding diaryl/α,β-unsaturated/α-hetero) is 2. The summed E-state index contributed by atoms with van der Waals surface area (Å²) in [5.74, 6) is -3.47. The molecule has 0 saturated carbocycles. The lowest BCUT2D eigenvalue weighted by molar-refractivity contribution is -0.141. The van der Waals surface area contributed by atoms with Gasteiger partial charge in [0.2, 0.25) is 23.5 Å². The van der Waals surface area contributed by atoms with E-state index in [1.165, 1.54) is 10.3 Å². The largest absolute Gasteiger partial charge is 0.352 e. The first kappa shape index (κ1) is 29.5. The number of nitrogens with one attached hydrogen (secondary N) is 4. The number of carbonyl (C=O) groups is 6. The van der Waals surface area contributed by atoms with E-state index in [1.807, 2.05) is 6.92 Å². The molecule has 0 aliphatic carbocycles. The third kappa shape index (κ3) is 7.05. The van der Waals surface area contributed by atoms with Crippen molar-refractivity contribution < 1.29 is 28.8 Å². The Morgan fingerprint density at radius 2 is 1.97 bits per heavy atom. The number of rotatable bonds is 12. The van der Waals surface area contributed by atoms with Gasteiger partial charge in [0.05, 0.1) is 5.69 Å². The predicted octanol–water partition coefficient (Wildman–Crippen LogP) is 0.0202. The maximum Gasteiger partial charge on any atom is 0.321 e. The lowest BCUT2D eigenvalue weighted by Crippen LogP contribution is -2.64. The van der Waals surface area contributed by atoms with Crippen LogP contribution in [-0.2, 0) is 24.0 Å². The predicted molar refractivity (Wildman–Crippen MR) is 140 cm³/mol. The number of carbonyl (C=O) groups excluding carboxylic acids is 6. The zero-order chi connectivity index (χ0) is 27.8. The van der Waals surface area contributed by atoms with Gasteiger partial charge in [0.25, 0.3) is 0 Å². The number of hydrogen-bond donors (Lipinski definition) is 4. The highest BCUT2D eigenvalue weighted by Gasteiger charge is 2.44. The maximum atomic E-state index is 14.0. The van der Waals surface area contributed by atoms with E-state index in [4.69, 9.17) is 11.6 Å². The summed E-state index contributed by atoms with van der Waals surface area (Å²) in [4.78, 5) is 83.9. The van der Waals surface area contributed by atoms with Crippen LogP contribution in [0, 0.1) is 0 Å². The molecule has 3 heterocycles. The average molecular weight is 570 g/mol. The van der Waals surface area contributed by atoms with Crippen LogP contribution < -0.4 is 21.3 Å². The smallest absolute Gasteiger partial charge is 0.321 e.